The molecule has 1 saturated heterocycles. The first-order valence-corrected chi connectivity index (χ1v) is 6.68. The molecule has 1 aromatic rings. The molecule has 1 aromatic carbocycles. The normalized spacial score (nSPS) is 27.9. The van der Waals surface area contributed by atoms with E-state index in [-0.39, 0.29) is 5.69 Å². The van der Waals surface area contributed by atoms with E-state index in [0.29, 0.717) is 0 Å². The first-order chi connectivity index (χ1) is 10.9. The molecular formula is C14H10FN2O6-. The fourth-order valence-electron chi connectivity index (χ4n) is 2.86. The minimum absolute atomic E-state index is 0.00745. The van der Waals surface area contributed by atoms with Crippen LogP contribution in [-0.4, -0.2) is 29.0 Å². The molecule has 4 atom stereocenters. The zero-order valence-corrected chi connectivity index (χ0v) is 11.5. The minimum atomic E-state index is -1.41. The lowest BCUT2D eigenvalue weighted by Crippen LogP contribution is -2.45. The van der Waals surface area contributed by atoms with Crippen LogP contribution in [0.4, 0.5) is 15.8 Å². The van der Waals surface area contributed by atoms with E-state index in [0.717, 1.165) is 18.2 Å². The highest BCUT2D eigenvalue weighted by Crippen LogP contribution is 2.39. The third-order valence-electron chi connectivity index (χ3n) is 3.88. The predicted octanol–water partition coefficient (Wildman–Crippen LogP) is -0.00810. The molecule has 23 heavy (non-hydrogen) atoms. The summed E-state index contributed by atoms with van der Waals surface area (Å²) in [4.78, 5) is 33.3. The number of amides is 1. The topological polar surface area (TPSA) is 122 Å². The molecule has 2 aliphatic rings. The van der Waals surface area contributed by atoms with Gasteiger partial charge in [-0.25, -0.2) is 0 Å². The number of nitro groups is 1. The van der Waals surface area contributed by atoms with Crippen LogP contribution in [0, 0.1) is 27.8 Å². The van der Waals surface area contributed by atoms with Crippen molar-refractivity contribution >= 4 is 23.3 Å². The second-order valence-electron chi connectivity index (χ2n) is 5.23. The Kier molecular flexibility index (Phi) is 3.57. The van der Waals surface area contributed by atoms with Crippen molar-refractivity contribution in [1.29, 1.82) is 0 Å². The summed E-state index contributed by atoms with van der Waals surface area (Å²) in [5, 5.41) is 24.3. The van der Waals surface area contributed by atoms with E-state index < -0.39 is 52.3 Å². The Bertz CT molecular complexity index is 734. The zero-order valence-electron chi connectivity index (χ0n) is 11.5. The third kappa shape index (κ3) is 2.55. The van der Waals surface area contributed by atoms with Gasteiger partial charge in [-0.15, -0.1) is 0 Å². The van der Waals surface area contributed by atoms with Crippen molar-refractivity contribution in [1.82, 2.24) is 0 Å². The molecular weight excluding hydrogens is 311 g/mol. The number of nitrogens with zero attached hydrogens (tertiary/aromatic N) is 1. The number of carbonyl (C=O) groups is 2. The number of fused-ring (bicyclic) bond motifs is 2. The monoisotopic (exact) mass is 321 g/mol. The number of benzene rings is 1. The van der Waals surface area contributed by atoms with Crippen molar-refractivity contribution < 1.29 is 28.7 Å². The molecule has 1 N–H and O–H groups in total. The number of halogens is 1. The fraction of sp³-hybridized carbons (Fsp3) is 0.286. The number of nitrogens with one attached hydrogen (secondary N) is 1. The summed E-state index contributed by atoms with van der Waals surface area (Å²) < 4.78 is 18.6. The maximum Gasteiger partial charge on any atom is 0.306 e. The van der Waals surface area contributed by atoms with Crippen LogP contribution in [0.1, 0.15) is 0 Å². The molecule has 0 spiro atoms. The molecule has 120 valence electrons. The molecule has 0 aromatic heterocycles. The largest absolute Gasteiger partial charge is 0.550 e. The molecule has 2 heterocycles. The van der Waals surface area contributed by atoms with Crippen LogP contribution in [0.25, 0.3) is 0 Å². The van der Waals surface area contributed by atoms with Crippen molar-refractivity contribution in [3.63, 3.8) is 0 Å². The van der Waals surface area contributed by atoms with Gasteiger partial charge in [0.2, 0.25) is 11.7 Å². The van der Waals surface area contributed by atoms with Gasteiger partial charge in [-0.3, -0.25) is 14.9 Å². The number of anilines is 1. The van der Waals surface area contributed by atoms with E-state index >= 15 is 0 Å². The number of ether oxygens (including phenoxy) is 1. The summed E-state index contributed by atoms with van der Waals surface area (Å²) in [6, 6.07) is 2.87. The van der Waals surface area contributed by atoms with Crippen LogP contribution in [0.5, 0.6) is 0 Å². The first-order valence-electron chi connectivity index (χ1n) is 6.68. The van der Waals surface area contributed by atoms with Crippen LogP contribution >= 0.6 is 0 Å². The standard InChI is InChI=1S/C14H11FN2O6/c15-7-2-1-6(5-8(7)17(21)22)16-13(18)11-9-3-4-10(23-9)12(11)14(19)20/h1-5,9-12H,(H,16,18)(H,19,20)/p-1/t9-,10+,11-,12-/m0/s1. The van der Waals surface area contributed by atoms with E-state index in [1.807, 2.05) is 0 Å². The Morgan fingerprint density at radius 3 is 2.48 bits per heavy atom. The van der Waals surface area contributed by atoms with Crippen LogP contribution in [0.3, 0.4) is 0 Å². The van der Waals surface area contributed by atoms with Gasteiger partial charge in [0.15, 0.2) is 0 Å². The Balaban J connectivity index is 1.82. The number of carboxylic acid groups (broad SMARTS) is 1. The highest BCUT2D eigenvalue weighted by molar-refractivity contribution is 5.96. The summed E-state index contributed by atoms with van der Waals surface area (Å²) in [5.41, 5.74) is -0.796. The van der Waals surface area contributed by atoms with Crippen LogP contribution < -0.4 is 10.4 Å². The van der Waals surface area contributed by atoms with Gasteiger partial charge < -0.3 is 20.0 Å². The minimum Gasteiger partial charge on any atom is -0.550 e. The van der Waals surface area contributed by atoms with Crippen LogP contribution in [0.15, 0.2) is 30.4 Å². The molecule has 2 bridgehead atoms. The summed E-state index contributed by atoms with van der Waals surface area (Å²) in [5.74, 6) is -5.28. The van der Waals surface area contributed by atoms with Gasteiger partial charge in [0.25, 0.3) is 0 Å². The van der Waals surface area contributed by atoms with Crippen LogP contribution in [-0.2, 0) is 14.3 Å². The maximum absolute atomic E-state index is 13.3. The van der Waals surface area contributed by atoms with E-state index in [1.165, 1.54) is 0 Å². The molecule has 8 nitrogen and oxygen atoms in total. The highest BCUT2D eigenvalue weighted by atomic mass is 19.1. The highest BCUT2D eigenvalue weighted by Gasteiger charge is 2.50. The quantitative estimate of drug-likeness (QED) is 0.473. The second kappa shape index (κ2) is 5.43. The van der Waals surface area contributed by atoms with Gasteiger partial charge in [0.05, 0.1) is 23.0 Å². The zero-order chi connectivity index (χ0) is 16.7. The second-order valence-corrected chi connectivity index (χ2v) is 5.23. The van der Waals surface area contributed by atoms with Crippen molar-refractivity contribution in [3.05, 3.63) is 46.3 Å². The predicted molar refractivity (Wildman–Crippen MR) is 71.5 cm³/mol. The van der Waals surface area contributed by atoms with Gasteiger partial charge in [-0.2, -0.15) is 4.39 Å². The first kappa shape index (κ1) is 15.1. The van der Waals surface area contributed by atoms with E-state index in [9.17, 15) is 29.2 Å². The third-order valence-corrected chi connectivity index (χ3v) is 3.88. The maximum atomic E-state index is 13.3. The lowest BCUT2D eigenvalue weighted by atomic mass is 9.82. The molecule has 0 unspecified atom stereocenters. The van der Waals surface area contributed by atoms with Crippen molar-refractivity contribution in [2.45, 2.75) is 12.2 Å². The Labute approximate surface area is 128 Å². The molecule has 0 radical (unpaired) electrons. The van der Waals surface area contributed by atoms with Gasteiger partial charge >= 0.3 is 5.69 Å². The number of carbonyl (C=O) groups excluding carboxylic acids is 2. The van der Waals surface area contributed by atoms with Crippen LogP contribution in [0.2, 0.25) is 0 Å². The van der Waals surface area contributed by atoms with Crippen molar-refractivity contribution in [2.75, 3.05) is 5.32 Å². The number of nitro benzene ring substituents is 1. The van der Waals surface area contributed by atoms with Crippen molar-refractivity contribution in [2.24, 2.45) is 11.8 Å². The molecule has 9 heteroatoms. The average molecular weight is 321 g/mol. The number of hydrogen-bond acceptors (Lipinski definition) is 6. The summed E-state index contributed by atoms with van der Waals surface area (Å²) in [6.07, 6.45) is 1.71. The molecule has 1 fully saturated rings. The lowest BCUT2D eigenvalue weighted by molar-refractivity contribution is -0.387. The van der Waals surface area contributed by atoms with Gasteiger partial charge in [0, 0.05) is 23.6 Å². The average Bonchev–Trinajstić information content (AvgIpc) is 3.09. The van der Waals surface area contributed by atoms with E-state index in [1.54, 1.807) is 12.2 Å². The SMILES string of the molecule is O=C(Nc1ccc(F)c([N+](=O)[O-])c1)[C@@H]1[C@@H](C(=O)[O-])[C@H]2C=C[C@@H]1O2. The lowest BCUT2D eigenvalue weighted by Gasteiger charge is -2.24. The summed E-state index contributed by atoms with van der Waals surface area (Å²) in [6.45, 7) is 0. The number of carboxylic acids is 1. The molecule has 1 amide bonds. The van der Waals surface area contributed by atoms with E-state index in [2.05, 4.69) is 5.32 Å². The summed E-state index contributed by atoms with van der Waals surface area (Å²) >= 11 is 0. The molecule has 2 aliphatic heterocycles. The van der Waals surface area contributed by atoms with Gasteiger partial charge in [-0.05, 0) is 12.1 Å². The Morgan fingerprint density at radius 2 is 1.87 bits per heavy atom. The number of aliphatic carboxylic acids is 1. The molecule has 0 saturated carbocycles. The van der Waals surface area contributed by atoms with Gasteiger partial charge in [0.1, 0.15) is 0 Å². The molecule has 0 aliphatic carbocycles. The number of rotatable bonds is 4. The van der Waals surface area contributed by atoms with Crippen molar-refractivity contribution in [3.8, 4) is 0 Å². The Morgan fingerprint density at radius 1 is 1.22 bits per heavy atom. The Hall–Kier alpha value is -2.81. The van der Waals surface area contributed by atoms with E-state index in [4.69, 9.17) is 4.74 Å². The summed E-state index contributed by atoms with van der Waals surface area (Å²) in [7, 11) is 0. The number of hydrogen-bond donors (Lipinski definition) is 1. The smallest absolute Gasteiger partial charge is 0.306 e. The fourth-order valence-corrected chi connectivity index (χ4v) is 2.86. The molecule has 3 rings (SSSR count). The van der Waals surface area contributed by atoms with Gasteiger partial charge in [-0.1, -0.05) is 12.2 Å².